The summed E-state index contributed by atoms with van der Waals surface area (Å²) in [7, 11) is -3.77. The highest BCUT2D eigenvalue weighted by Gasteiger charge is 2.33. The molecule has 9 nitrogen and oxygen atoms in total. The van der Waals surface area contributed by atoms with Crippen LogP contribution in [0.2, 0.25) is 0 Å². The largest absolute Gasteiger partial charge is 0.494 e. The molecule has 2 aromatic rings. The number of carbonyl (C=O) groups excluding carboxylic acids is 2. The minimum absolute atomic E-state index is 0.0855. The van der Waals surface area contributed by atoms with Crippen LogP contribution in [-0.4, -0.2) is 50.3 Å². The third kappa shape index (κ3) is 5.02. The lowest BCUT2D eigenvalue weighted by Gasteiger charge is -2.31. The van der Waals surface area contributed by atoms with Gasteiger partial charge in [-0.25, -0.2) is 8.42 Å². The predicted octanol–water partition coefficient (Wildman–Crippen LogP) is 3.23. The van der Waals surface area contributed by atoms with Crippen LogP contribution < -0.4 is 20.1 Å². The van der Waals surface area contributed by atoms with E-state index in [1.807, 2.05) is 13.8 Å². The topological polar surface area (TPSA) is 114 Å². The maximum absolute atomic E-state index is 13.2. The van der Waals surface area contributed by atoms with E-state index in [4.69, 9.17) is 9.47 Å². The van der Waals surface area contributed by atoms with Gasteiger partial charge in [-0.1, -0.05) is 6.92 Å². The van der Waals surface area contributed by atoms with Crippen LogP contribution in [0.25, 0.3) is 0 Å². The van der Waals surface area contributed by atoms with Crippen LogP contribution in [0.3, 0.4) is 0 Å². The van der Waals surface area contributed by atoms with Gasteiger partial charge in [-0.05, 0) is 68.7 Å². The van der Waals surface area contributed by atoms with Crippen molar-refractivity contribution in [2.45, 2.75) is 44.1 Å². The van der Waals surface area contributed by atoms with Gasteiger partial charge < -0.3 is 20.1 Å². The molecule has 4 rings (SSSR count). The molecular formula is C24H29N3O6S. The molecule has 2 aromatic carbocycles. The molecule has 10 heteroatoms. The van der Waals surface area contributed by atoms with Crippen molar-refractivity contribution >= 4 is 33.2 Å². The fourth-order valence-corrected chi connectivity index (χ4v) is 5.61. The molecule has 0 bridgehead atoms. The molecule has 2 heterocycles. The molecule has 1 unspecified atom stereocenters. The Morgan fingerprint density at radius 2 is 1.85 bits per heavy atom. The number of hydrogen-bond donors (Lipinski definition) is 2. The average molecular weight is 488 g/mol. The van der Waals surface area contributed by atoms with Crippen molar-refractivity contribution in [2.75, 3.05) is 30.3 Å². The summed E-state index contributed by atoms with van der Waals surface area (Å²) >= 11 is 0. The number of piperidine rings is 1. The smallest absolute Gasteiger partial charge is 0.265 e. The first-order valence-electron chi connectivity index (χ1n) is 11.5. The van der Waals surface area contributed by atoms with Gasteiger partial charge in [0.15, 0.2) is 6.10 Å². The van der Waals surface area contributed by atoms with Crippen molar-refractivity contribution in [3.8, 4) is 11.5 Å². The van der Waals surface area contributed by atoms with Gasteiger partial charge in [0, 0.05) is 24.7 Å². The molecule has 1 saturated heterocycles. The van der Waals surface area contributed by atoms with Crippen LogP contribution in [0.1, 0.15) is 33.1 Å². The summed E-state index contributed by atoms with van der Waals surface area (Å²) in [6.45, 7) is 4.79. The second-order valence-electron chi connectivity index (χ2n) is 8.29. The highest BCUT2D eigenvalue weighted by atomic mass is 32.2. The average Bonchev–Trinajstić information content (AvgIpc) is 2.84. The number of carbonyl (C=O) groups is 2. The van der Waals surface area contributed by atoms with E-state index >= 15 is 0 Å². The van der Waals surface area contributed by atoms with Crippen LogP contribution in [-0.2, 0) is 19.6 Å². The van der Waals surface area contributed by atoms with Gasteiger partial charge in [0.2, 0.25) is 15.9 Å². The maximum Gasteiger partial charge on any atom is 0.265 e. The molecule has 2 aliphatic heterocycles. The minimum atomic E-state index is -3.77. The molecule has 34 heavy (non-hydrogen) atoms. The van der Waals surface area contributed by atoms with E-state index < -0.39 is 16.1 Å². The third-order valence-electron chi connectivity index (χ3n) is 6.04. The molecule has 2 aliphatic rings. The zero-order chi connectivity index (χ0) is 24.3. The van der Waals surface area contributed by atoms with Crippen LogP contribution in [0.15, 0.2) is 47.4 Å². The Morgan fingerprint density at radius 3 is 2.50 bits per heavy atom. The standard InChI is InChI=1S/C24H29N3O6S/c1-3-21-24(29)26-20-15-19(9-10-22(20)33-21)34(30,31)27-13-11-16(12-14-27)23(28)25-17-5-7-18(8-6-17)32-4-2/h5-10,15-16,21H,3-4,11-14H2,1-2H3,(H,25,28)(H,26,29). The van der Waals surface area contributed by atoms with Gasteiger partial charge in [0.1, 0.15) is 11.5 Å². The first kappa shape index (κ1) is 24.0. The number of benzene rings is 2. The van der Waals surface area contributed by atoms with Crippen molar-refractivity contribution in [1.29, 1.82) is 0 Å². The monoisotopic (exact) mass is 487 g/mol. The number of hydrogen-bond acceptors (Lipinski definition) is 6. The summed E-state index contributed by atoms with van der Waals surface area (Å²) < 4.78 is 38.8. The molecule has 2 N–H and O–H groups in total. The van der Waals surface area contributed by atoms with Crippen molar-refractivity contribution in [3.63, 3.8) is 0 Å². The van der Waals surface area contributed by atoms with E-state index in [9.17, 15) is 18.0 Å². The molecule has 0 aromatic heterocycles. The molecule has 0 aliphatic carbocycles. The molecular weight excluding hydrogens is 458 g/mol. The van der Waals surface area contributed by atoms with Crippen LogP contribution in [0.4, 0.5) is 11.4 Å². The SMILES string of the molecule is CCOc1ccc(NC(=O)C2CCN(S(=O)(=O)c3ccc4c(c3)NC(=O)C(CC)O4)CC2)cc1. The van der Waals surface area contributed by atoms with Crippen LogP contribution in [0, 0.1) is 5.92 Å². The quantitative estimate of drug-likeness (QED) is 0.620. The summed E-state index contributed by atoms with van der Waals surface area (Å²) in [5.74, 6) is 0.497. The maximum atomic E-state index is 13.2. The molecule has 1 atom stereocenters. The first-order valence-corrected chi connectivity index (χ1v) is 12.9. The molecule has 0 saturated carbocycles. The van der Waals surface area contributed by atoms with E-state index in [1.54, 1.807) is 30.3 Å². The third-order valence-corrected chi connectivity index (χ3v) is 7.93. The number of nitrogens with one attached hydrogen (secondary N) is 2. The molecule has 1 fully saturated rings. The molecule has 2 amide bonds. The number of fused-ring (bicyclic) bond motifs is 1. The van der Waals surface area contributed by atoms with E-state index in [-0.39, 0.29) is 35.7 Å². The van der Waals surface area contributed by atoms with Gasteiger partial charge in [0.25, 0.3) is 5.91 Å². The Morgan fingerprint density at radius 1 is 1.15 bits per heavy atom. The number of amides is 2. The van der Waals surface area contributed by atoms with Gasteiger partial charge in [-0.2, -0.15) is 4.31 Å². The second-order valence-corrected chi connectivity index (χ2v) is 10.2. The van der Waals surface area contributed by atoms with Gasteiger partial charge >= 0.3 is 0 Å². The van der Waals surface area contributed by atoms with E-state index in [0.717, 1.165) is 5.75 Å². The van der Waals surface area contributed by atoms with Crippen molar-refractivity contribution in [2.24, 2.45) is 5.92 Å². The Kier molecular flexibility index (Phi) is 7.08. The zero-order valence-electron chi connectivity index (χ0n) is 19.2. The lowest BCUT2D eigenvalue weighted by atomic mass is 9.97. The van der Waals surface area contributed by atoms with Crippen molar-refractivity contribution in [1.82, 2.24) is 4.31 Å². The number of anilines is 2. The van der Waals surface area contributed by atoms with E-state index in [2.05, 4.69) is 10.6 Å². The number of sulfonamides is 1. The number of nitrogens with zero attached hydrogens (tertiary/aromatic N) is 1. The van der Waals surface area contributed by atoms with Gasteiger partial charge in [-0.15, -0.1) is 0 Å². The minimum Gasteiger partial charge on any atom is -0.494 e. The lowest BCUT2D eigenvalue weighted by Crippen LogP contribution is -2.41. The zero-order valence-corrected chi connectivity index (χ0v) is 20.1. The van der Waals surface area contributed by atoms with Gasteiger partial charge in [-0.3, -0.25) is 9.59 Å². The van der Waals surface area contributed by atoms with Crippen molar-refractivity contribution < 1.29 is 27.5 Å². The van der Waals surface area contributed by atoms with E-state index in [0.29, 0.717) is 43.0 Å². The highest BCUT2D eigenvalue weighted by Crippen LogP contribution is 2.34. The normalized spacial score (nSPS) is 19.0. The summed E-state index contributed by atoms with van der Waals surface area (Å²) in [4.78, 5) is 24.9. The Bertz CT molecular complexity index is 1160. The fraction of sp³-hybridized carbons (Fsp3) is 0.417. The van der Waals surface area contributed by atoms with Gasteiger partial charge in [0.05, 0.1) is 17.2 Å². The number of ether oxygens (including phenoxy) is 2. The fourth-order valence-electron chi connectivity index (χ4n) is 4.11. The Balaban J connectivity index is 1.37. The summed E-state index contributed by atoms with van der Waals surface area (Å²) in [5, 5.41) is 5.62. The van der Waals surface area contributed by atoms with E-state index in [1.165, 1.54) is 16.4 Å². The summed E-state index contributed by atoms with van der Waals surface area (Å²) in [5.41, 5.74) is 1.02. The second kappa shape index (κ2) is 10.0. The first-order chi connectivity index (χ1) is 16.3. The number of rotatable bonds is 7. The Hall–Kier alpha value is -3.11. The predicted molar refractivity (Wildman–Crippen MR) is 128 cm³/mol. The van der Waals surface area contributed by atoms with Crippen molar-refractivity contribution in [3.05, 3.63) is 42.5 Å². The molecule has 0 spiro atoms. The summed E-state index contributed by atoms with van der Waals surface area (Å²) in [6.07, 6.45) is 0.783. The van der Waals surface area contributed by atoms with Crippen LogP contribution in [0.5, 0.6) is 11.5 Å². The molecule has 182 valence electrons. The lowest BCUT2D eigenvalue weighted by molar-refractivity contribution is -0.123. The highest BCUT2D eigenvalue weighted by molar-refractivity contribution is 7.89. The Labute approximate surface area is 199 Å². The molecule has 0 radical (unpaired) electrons. The van der Waals surface area contributed by atoms with Crippen LogP contribution >= 0.6 is 0 Å². The summed E-state index contributed by atoms with van der Waals surface area (Å²) in [6, 6.07) is 11.6.